The lowest BCUT2D eigenvalue weighted by Gasteiger charge is -2.08. The van der Waals surface area contributed by atoms with Gasteiger partial charge in [0.2, 0.25) is 0 Å². The van der Waals surface area contributed by atoms with Gasteiger partial charge in [0.25, 0.3) is 0 Å². The quantitative estimate of drug-likeness (QED) is 0.775. The topological polar surface area (TPSA) is 48.1 Å². The maximum Gasteiger partial charge on any atom is 0.131 e. The molecule has 0 aliphatic rings. The molecular weight excluding hydrogens is 236 g/mol. The number of benzene rings is 2. The van der Waals surface area contributed by atoms with Crippen LogP contribution in [0.4, 0.5) is 5.82 Å². The van der Waals surface area contributed by atoms with Crippen LogP contribution in [0.2, 0.25) is 0 Å². The van der Waals surface area contributed by atoms with Crippen molar-refractivity contribution >= 4 is 16.6 Å². The van der Waals surface area contributed by atoms with E-state index in [1.165, 1.54) is 0 Å². The number of rotatable bonds is 3. The van der Waals surface area contributed by atoms with Crippen molar-refractivity contribution in [3.63, 3.8) is 0 Å². The standard InChI is InChI=1S/C16H14N2O/c17-16-15-10-14(7-6-13(15)8-9-18-16)19-11-12-4-2-1-3-5-12/h1-10H,11H2,(H2,17,18). The van der Waals surface area contributed by atoms with Gasteiger partial charge in [0.1, 0.15) is 18.2 Å². The molecule has 0 radical (unpaired) electrons. The van der Waals surface area contributed by atoms with E-state index in [1.807, 2.05) is 54.6 Å². The summed E-state index contributed by atoms with van der Waals surface area (Å²) in [4.78, 5) is 4.09. The molecule has 0 atom stereocenters. The molecule has 2 aromatic carbocycles. The number of hydrogen-bond donors (Lipinski definition) is 1. The highest BCUT2D eigenvalue weighted by atomic mass is 16.5. The molecule has 3 rings (SSSR count). The summed E-state index contributed by atoms with van der Waals surface area (Å²) in [6, 6.07) is 17.9. The highest BCUT2D eigenvalue weighted by molar-refractivity contribution is 5.91. The zero-order valence-corrected chi connectivity index (χ0v) is 10.4. The van der Waals surface area contributed by atoms with Crippen LogP contribution in [0, 0.1) is 0 Å². The first kappa shape index (κ1) is 11.5. The van der Waals surface area contributed by atoms with Gasteiger partial charge in [-0.2, -0.15) is 0 Å². The Morgan fingerprint density at radius 3 is 2.68 bits per heavy atom. The van der Waals surface area contributed by atoms with Crippen molar-refractivity contribution in [1.29, 1.82) is 0 Å². The molecule has 0 bridgehead atoms. The third kappa shape index (κ3) is 2.50. The molecule has 0 unspecified atom stereocenters. The molecule has 0 aliphatic heterocycles. The first-order valence-electron chi connectivity index (χ1n) is 6.14. The van der Waals surface area contributed by atoms with Gasteiger partial charge in [0, 0.05) is 11.6 Å². The second kappa shape index (κ2) is 4.98. The zero-order chi connectivity index (χ0) is 13.1. The fraction of sp³-hybridized carbons (Fsp3) is 0.0625. The van der Waals surface area contributed by atoms with Gasteiger partial charge in [-0.3, -0.25) is 0 Å². The number of ether oxygens (including phenoxy) is 1. The third-order valence-corrected chi connectivity index (χ3v) is 3.02. The lowest BCUT2D eigenvalue weighted by Crippen LogP contribution is -1.96. The minimum Gasteiger partial charge on any atom is -0.489 e. The second-order valence-corrected chi connectivity index (χ2v) is 4.35. The lowest BCUT2D eigenvalue weighted by molar-refractivity contribution is 0.306. The van der Waals surface area contributed by atoms with Crippen molar-refractivity contribution in [2.24, 2.45) is 0 Å². The molecule has 3 heteroatoms. The summed E-state index contributed by atoms with van der Waals surface area (Å²) in [5.74, 6) is 1.33. The summed E-state index contributed by atoms with van der Waals surface area (Å²) in [6.07, 6.45) is 1.71. The van der Waals surface area contributed by atoms with Gasteiger partial charge < -0.3 is 10.5 Å². The molecule has 94 valence electrons. The van der Waals surface area contributed by atoms with Crippen molar-refractivity contribution in [3.8, 4) is 5.75 Å². The van der Waals surface area contributed by atoms with Crippen LogP contribution in [-0.4, -0.2) is 4.98 Å². The molecule has 3 nitrogen and oxygen atoms in total. The molecular formula is C16H14N2O. The van der Waals surface area contributed by atoms with Gasteiger partial charge in [0.05, 0.1) is 0 Å². The van der Waals surface area contributed by atoms with Crippen LogP contribution in [0.3, 0.4) is 0 Å². The Morgan fingerprint density at radius 2 is 1.84 bits per heavy atom. The number of anilines is 1. The van der Waals surface area contributed by atoms with E-state index in [0.717, 1.165) is 22.1 Å². The average Bonchev–Trinajstić information content (AvgIpc) is 2.47. The van der Waals surface area contributed by atoms with E-state index in [9.17, 15) is 0 Å². The Bertz CT molecular complexity index is 695. The van der Waals surface area contributed by atoms with Crippen LogP contribution in [0.1, 0.15) is 5.56 Å². The molecule has 2 N–H and O–H groups in total. The summed E-state index contributed by atoms with van der Waals surface area (Å²) < 4.78 is 5.77. The van der Waals surface area contributed by atoms with E-state index in [1.54, 1.807) is 6.20 Å². The van der Waals surface area contributed by atoms with Gasteiger partial charge in [0.15, 0.2) is 0 Å². The maximum atomic E-state index is 5.87. The Morgan fingerprint density at radius 1 is 1.00 bits per heavy atom. The van der Waals surface area contributed by atoms with E-state index in [2.05, 4.69) is 4.98 Å². The van der Waals surface area contributed by atoms with Gasteiger partial charge in [-0.15, -0.1) is 0 Å². The van der Waals surface area contributed by atoms with Crippen LogP contribution in [0.5, 0.6) is 5.75 Å². The minimum absolute atomic E-state index is 0.530. The van der Waals surface area contributed by atoms with Crippen LogP contribution in [-0.2, 0) is 6.61 Å². The highest BCUT2D eigenvalue weighted by Crippen LogP contribution is 2.24. The molecule has 3 aromatic rings. The first-order valence-corrected chi connectivity index (χ1v) is 6.14. The molecule has 19 heavy (non-hydrogen) atoms. The molecule has 0 saturated carbocycles. The molecule has 0 fully saturated rings. The molecule has 0 aliphatic carbocycles. The molecule has 1 aromatic heterocycles. The van der Waals surface area contributed by atoms with E-state index in [0.29, 0.717) is 12.4 Å². The summed E-state index contributed by atoms with van der Waals surface area (Å²) in [5.41, 5.74) is 7.01. The molecule has 0 spiro atoms. The second-order valence-electron chi connectivity index (χ2n) is 4.35. The number of nitrogens with two attached hydrogens (primary N) is 1. The summed E-state index contributed by atoms with van der Waals surface area (Å²) in [6.45, 7) is 0.548. The van der Waals surface area contributed by atoms with E-state index in [-0.39, 0.29) is 0 Å². The fourth-order valence-electron chi connectivity index (χ4n) is 2.00. The largest absolute Gasteiger partial charge is 0.489 e. The van der Waals surface area contributed by atoms with E-state index < -0.39 is 0 Å². The van der Waals surface area contributed by atoms with Crippen LogP contribution < -0.4 is 10.5 Å². The predicted molar refractivity (Wildman–Crippen MR) is 76.9 cm³/mol. The number of nitrogens with zero attached hydrogens (tertiary/aromatic N) is 1. The van der Waals surface area contributed by atoms with Crippen LogP contribution in [0.25, 0.3) is 10.8 Å². The SMILES string of the molecule is Nc1nccc2ccc(OCc3ccccc3)cc12. The summed E-state index contributed by atoms with van der Waals surface area (Å²) in [7, 11) is 0. The average molecular weight is 250 g/mol. The maximum absolute atomic E-state index is 5.87. The summed E-state index contributed by atoms with van der Waals surface area (Å²) in [5, 5.41) is 1.99. The third-order valence-electron chi connectivity index (χ3n) is 3.02. The number of fused-ring (bicyclic) bond motifs is 1. The van der Waals surface area contributed by atoms with E-state index in [4.69, 9.17) is 10.5 Å². The zero-order valence-electron chi connectivity index (χ0n) is 10.4. The monoisotopic (exact) mass is 250 g/mol. The normalized spacial score (nSPS) is 10.5. The Kier molecular flexibility index (Phi) is 3.02. The van der Waals surface area contributed by atoms with Crippen molar-refractivity contribution in [2.75, 3.05) is 5.73 Å². The fourth-order valence-corrected chi connectivity index (χ4v) is 2.00. The smallest absolute Gasteiger partial charge is 0.131 e. The van der Waals surface area contributed by atoms with Gasteiger partial charge >= 0.3 is 0 Å². The highest BCUT2D eigenvalue weighted by Gasteiger charge is 2.01. The number of nitrogen functional groups attached to an aromatic ring is 1. The minimum atomic E-state index is 0.530. The predicted octanol–water partition coefficient (Wildman–Crippen LogP) is 3.40. The molecule has 1 heterocycles. The Hall–Kier alpha value is -2.55. The Labute approximate surface area is 111 Å². The van der Waals surface area contributed by atoms with Gasteiger partial charge in [-0.25, -0.2) is 4.98 Å². The van der Waals surface area contributed by atoms with E-state index >= 15 is 0 Å². The number of hydrogen-bond acceptors (Lipinski definition) is 3. The van der Waals surface area contributed by atoms with Crippen LogP contribution in [0.15, 0.2) is 60.8 Å². The number of pyridine rings is 1. The van der Waals surface area contributed by atoms with Crippen molar-refractivity contribution in [1.82, 2.24) is 4.98 Å². The van der Waals surface area contributed by atoms with Gasteiger partial charge in [-0.05, 0) is 29.1 Å². The van der Waals surface area contributed by atoms with Crippen molar-refractivity contribution in [2.45, 2.75) is 6.61 Å². The molecule has 0 amide bonds. The van der Waals surface area contributed by atoms with Crippen LogP contribution >= 0.6 is 0 Å². The first-order chi connectivity index (χ1) is 9.33. The molecule has 0 saturated heterocycles. The lowest BCUT2D eigenvalue weighted by atomic mass is 10.1. The van der Waals surface area contributed by atoms with Crippen molar-refractivity contribution < 1.29 is 4.74 Å². The van der Waals surface area contributed by atoms with Crippen molar-refractivity contribution in [3.05, 3.63) is 66.4 Å². The summed E-state index contributed by atoms with van der Waals surface area (Å²) >= 11 is 0. The Balaban J connectivity index is 1.84. The number of aromatic nitrogens is 1. The van der Waals surface area contributed by atoms with Gasteiger partial charge in [-0.1, -0.05) is 36.4 Å².